The fraction of sp³-hybridized carbons (Fsp3) is 0.600. The van der Waals surface area contributed by atoms with Crippen LogP contribution in [0.1, 0.15) is 18.4 Å². The predicted molar refractivity (Wildman–Crippen MR) is 74.2 cm³/mol. The Balaban J connectivity index is 2.58. The molecule has 0 aliphatic rings. The van der Waals surface area contributed by atoms with E-state index in [9.17, 15) is 14.6 Å². The maximum Gasteiger partial charge on any atom is 0.123 e. The summed E-state index contributed by atoms with van der Waals surface area (Å²) in [5, 5.41) is 19.2. The Morgan fingerprint density at radius 3 is 2.50 bits per heavy atom. The van der Waals surface area contributed by atoms with E-state index in [-0.39, 0.29) is 19.0 Å². The Labute approximate surface area is 119 Å². The molecular formula is C15H23FO4. The Kier molecular flexibility index (Phi) is 7.69. The van der Waals surface area contributed by atoms with Gasteiger partial charge in [-0.15, -0.1) is 0 Å². The second kappa shape index (κ2) is 9.02. The predicted octanol–water partition coefficient (Wildman–Crippen LogP) is 1.49. The van der Waals surface area contributed by atoms with Crippen LogP contribution in [0.4, 0.5) is 4.39 Å². The molecule has 1 aromatic rings. The molecule has 0 radical (unpaired) electrons. The average Bonchev–Trinajstić information content (AvgIpc) is 2.47. The molecule has 1 aromatic carbocycles. The number of halogens is 1. The third-order valence-electron chi connectivity index (χ3n) is 3.42. The lowest BCUT2D eigenvalue weighted by Gasteiger charge is -2.30. The zero-order chi connectivity index (χ0) is 14.8. The lowest BCUT2D eigenvalue weighted by molar-refractivity contribution is 0.0571. The van der Waals surface area contributed by atoms with Gasteiger partial charge >= 0.3 is 0 Å². The molecule has 0 heterocycles. The standard InChI is InChI=1S/C15H23FO4/c1-19-8-9-20-7-3-6-15(11-17,12-18)13-4-2-5-14(16)10-13/h2,4-5,10,17-18H,3,6-9,11-12H2,1H3. The van der Waals surface area contributed by atoms with E-state index in [0.29, 0.717) is 38.2 Å². The second-order valence-corrected chi connectivity index (χ2v) is 4.82. The van der Waals surface area contributed by atoms with Gasteiger partial charge in [-0.05, 0) is 30.5 Å². The van der Waals surface area contributed by atoms with Crippen LogP contribution in [0.15, 0.2) is 24.3 Å². The van der Waals surface area contributed by atoms with Gasteiger partial charge < -0.3 is 19.7 Å². The first-order valence-electron chi connectivity index (χ1n) is 6.73. The van der Waals surface area contributed by atoms with Crippen molar-refractivity contribution in [3.05, 3.63) is 35.6 Å². The molecule has 0 amide bonds. The van der Waals surface area contributed by atoms with Crippen molar-refractivity contribution in [1.29, 1.82) is 0 Å². The lowest BCUT2D eigenvalue weighted by atomic mass is 9.78. The summed E-state index contributed by atoms with van der Waals surface area (Å²) in [4.78, 5) is 0. The number of benzene rings is 1. The summed E-state index contributed by atoms with van der Waals surface area (Å²) < 4.78 is 23.5. The molecule has 0 aliphatic carbocycles. The number of aliphatic hydroxyl groups excluding tert-OH is 2. The highest BCUT2D eigenvalue weighted by Gasteiger charge is 2.30. The zero-order valence-corrected chi connectivity index (χ0v) is 11.8. The summed E-state index contributed by atoms with van der Waals surface area (Å²) in [6, 6.07) is 6.01. The van der Waals surface area contributed by atoms with E-state index in [4.69, 9.17) is 9.47 Å². The number of hydrogen-bond donors (Lipinski definition) is 2. The summed E-state index contributed by atoms with van der Waals surface area (Å²) >= 11 is 0. The van der Waals surface area contributed by atoms with Crippen molar-refractivity contribution in [3.63, 3.8) is 0 Å². The molecule has 114 valence electrons. The van der Waals surface area contributed by atoms with Gasteiger partial charge in [0.15, 0.2) is 0 Å². The first-order valence-corrected chi connectivity index (χ1v) is 6.73. The quantitative estimate of drug-likeness (QED) is 0.640. The number of ether oxygens (including phenoxy) is 2. The van der Waals surface area contributed by atoms with E-state index in [1.54, 1.807) is 19.2 Å². The first kappa shape index (κ1) is 17.0. The van der Waals surface area contributed by atoms with Crippen molar-refractivity contribution in [2.45, 2.75) is 18.3 Å². The van der Waals surface area contributed by atoms with Crippen LogP contribution in [0.25, 0.3) is 0 Å². The largest absolute Gasteiger partial charge is 0.395 e. The minimum atomic E-state index is -0.827. The molecule has 2 N–H and O–H groups in total. The van der Waals surface area contributed by atoms with Gasteiger partial charge in [-0.3, -0.25) is 0 Å². The third-order valence-corrected chi connectivity index (χ3v) is 3.42. The van der Waals surface area contributed by atoms with Crippen LogP contribution in [-0.4, -0.2) is 50.4 Å². The minimum absolute atomic E-state index is 0.231. The molecule has 20 heavy (non-hydrogen) atoms. The fourth-order valence-electron chi connectivity index (χ4n) is 2.11. The normalized spacial score (nSPS) is 11.8. The van der Waals surface area contributed by atoms with Crippen molar-refractivity contribution in [3.8, 4) is 0 Å². The van der Waals surface area contributed by atoms with E-state index in [1.807, 2.05) is 0 Å². The van der Waals surface area contributed by atoms with Crippen molar-refractivity contribution in [1.82, 2.24) is 0 Å². The van der Waals surface area contributed by atoms with Crippen LogP contribution in [0.3, 0.4) is 0 Å². The Hall–Kier alpha value is -1.01. The van der Waals surface area contributed by atoms with Gasteiger partial charge in [0.2, 0.25) is 0 Å². The molecule has 0 unspecified atom stereocenters. The summed E-state index contributed by atoms with van der Waals surface area (Å²) in [6.07, 6.45) is 1.19. The molecule has 0 fully saturated rings. The van der Waals surface area contributed by atoms with Crippen molar-refractivity contribution in [2.24, 2.45) is 0 Å². The highest BCUT2D eigenvalue weighted by Crippen LogP contribution is 2.29. The molecule has 0 atom stereocenters. The molecule has 0 spiro atoms. The SMILES string of the molecule is COCCOCCCC(CO)(CO)c1cccc(F)c1. The molecule has 1 rings (SSSR count). The van der Waals surface area contributed by atoms with E-state index < -0.39 is 5.41 Å². The van der Waals surface area contributed by atoms with Crippen molar-refractivity contribution >= 4 is 0 Å². The molecule has 0 saturated carbocycles. The van der Waals surface area contributed by atoms with Crippen molar-refractivity contribution in [2.75, 3.05) is 40.1 Å². The van der Waals surface area contributed by atoms with Crippen molar-refractivity contribution < 1.29 is 24.1 Å². The smallest absolute Gasteiger partial charge is 0.123 e. The van der Waals surface area contributed by atoms with Gasteiger partial charge in [0.25, 0.3) is 0 Å². The summed E-state index contributed by atoms with van der Waals surface area (Å²) in [5.74, 6) is -0.370. The Bertz CT molecular complexity index is 380. The first-order chi connectivity index (χ1) is 9.68. The molecule has 5 heteroatoms. The number of methoxy groups -OCH3 is 1. The van der Waals surface area contributed by atoms with Crippen LogP contribution in [0, 0.1) is 5.82 Å². The minimum Gasteiger partial charge on any atom is -0.395 e. The van der Waals surface area contributed by atoms with Crippen LogP contribution in [0.5, 0.6) is 0 Å². The van der Waals surface area contributed by atoms with Crippen LogP contribution >= 0.6 is 0 Å². The van der Waals surface area contributed by atoms with E-state index in [0.717, 1.165) is 0 Å². The molecule has 0 aliphatic heterocycles. The summed E-state index contributed by atoms with van der Waals surface area (Å²) in [6.45, 7) is 1.10. The van der Waals surface area contributed by atoms with E-state index >= 15 is 0 Å². The highest BCUT2D eigenvalue weighted by atomic mass is 19.1. The molecular weight excluding hydrogens is 263 g/mol. The Morgan fingerprint density at radius 1 is 1.15 bits per heavy atom. The highest BCUT2D eigenvalue weighted by molar-refractivity contribution is 5.26. The van der Waals surface area contributed by atoms with Gasteiger partial charge in [-0.2, -0.15) is 0 Å². The van der Waals surface area contributed by atoms with Gasteiger partial charge in [0.1, 0.15) is 5.82 Å². The van der Waals surface area contributed by atoms with Gasteiger partial charge in [-0.1, -0.05) is 12.1 Å². The van der Waals surface area contributed by atoms with Crippen LogP contribution in [0.2, 0.25) is 0 Å². The molecule has 4 nitrogen and oxygen atoms in total. The van der Waals surface area contributed by atoms with Gasteiger partial charge in [-0.25, -0.2) is 4.39 Å². The Morgan fingerprint density at radius 2 is 1.90 bits per heavy atom. The number of aliphatic hydroxyl groups is 2. The fourth-order valence-corrected chi connectivity index (χ4v) is 2.11. The molecule has 0 saturated heterocycles. The average molecular weight is 286 g/mol. The van der Waals surface area contributed by atoms with Crippen LogP contribution in [-0.2, 0) is 14.9 Å². The van der Waals surface area contributed by atoms with E-state index in [2.05, 4.69) is 0 Å². The van der Waals surface area contributed by atoms with E-state index in [1.165, 1.54) is 12.1 Å². The van der Waals surface area contributed by atoms with Gasteiger partial charge in [0, 0.05) is 19.1 Å². The van der Waals surface area contributed by atoms with Gasteiger partial charge in [0.05, 0.1) is 26.4 Å². The lowest BCUT2D eigenvalue weighted by Crippen LogP contribution is -2.35. The monoisotopic (exact) mass is 286 g/mol. The summed E-state index contributed by atoms with van der Waals surface area (Å²) in [5.41, 5.74) is -0.216. The molecule has 0 bridgehead atoms. The maximum absolute atomic E-state index is 13.3. The zero-order valence-electron chi connectivity index (χ0n) is 11.8. The summed E-state index contributed by atoms with van der Waals surface area (Å²) in [7, 11) is 1.61. The third kappa shape index (κ3) is 4.83. The maximum atomic E-state index is 13.3. The topological polar surface area (TPSA) is 58.9 Å². The number of hydrogen-bond acceptors (Lipinski definition) is 4. The molecule has 0 aromatic heterocycles. The van der Waals surface area contributed by atoms with Crippen LogP contribution < -0.4 is 0 Å². The second-order valence-electron chi connectivity index (χ2n) is 4.82. The number of rotatable bonds is 10.